The lowest BCUT2D eigenvalue weighted by atomic mass is 9.80. The maximum Gasteiger partial charge on any atom is 0.407 e. The van der Waals surface area contributed by atoms with Gasteiger partial charge in [-0.1, -0.05) is 89.6 Å². The zero-order chi connectivity index (χ0) is 40.7. The van der Waals surface area contributed by atoms with Crippen LogP contribution in [-0.4, -0.2) is 86.6 Å². The van der Waals surface area contributed by atoms with E-state index in [1.807, 2.05) is 38.1 Å². The van der Waals surface area contributed by atoms with Gasteiger partial charge in [0.05, 0.1) is 49.6 Å². The summed E-state index contributed by atoms with van der Waals surface area (Å²) in [6.07, 6.45) is 10.1. The number of aromatic nitrogens is 4. The summed E-state index contributed by atoms with van der Waals surface area (Å²) in [5.41, 5.74) is 6.06. The van der Waals surface area contributed by atoms with Crippen molar-refractivity contribution in [3.05, 3.63) is 72.6 Å². The number of H-pyrrole nitrogens is 2. The first-order valence-corrected chi connectivity index (χ1v) is 21.3. The monoisotopic (exact) mass is 1030 g/mol. The van der Waals surface area contributed by atoms with Gasteiger partial charge in [0.15, 0.2) is 0 Å². The van der Waals surface area contributed by atoms with Crippen LogP contribution in [0.15, 0.2) is 60.9 Å². The molecule has 364 valence electrons. The summed E-state index contributed by atoms with van der Waals surface area (Å²) < 4.78 is 10.8. The van der Waals surface area contributed by atoms with Crippen LogP contribution >= 0.6 is 94.5 Å². The van der Waals surface area contributed by atoms with Gasteiger partial charge in [0.1, 0.15) is 17.7 Å². The fraction of sp³-hybridized carbons (Fsp3) is 0.543. The van der Waals surface area contributed by atoms with Crippen LogP contribution in [0.3, 0.4) is 0 Å². The standard InChI is InChI=1S/C46H59N7O5.7H2S/c1-27(2)29(5)43(54)52-25-46(19-8-20-58-26-46)22-39(52)42-48-24-36(50-42)33-17-13-31(14-18-33)30-11-15-32(16-12-30)35-23-47-41(49-35)38-21-34-9-7-10-37(34)53(38)44(55)40(28(3)4)51-45(56)57-6;;;;;;;/h11-18,23-24,27-29,34,37-40H,7-10,19-22,25-26H2,1-6H3,(H,47,49)(H,48,50)(H,51,56);7*1H2/t29-,34-,37-,38-,39-,40-,46-;;;;;;;/m0......./s1. The molecule has 0 unspecified atom stereocenters. The Hall–Kier alpha value is -2.52. The van der Waals surface area contributed by atoms with Crippen molar-refractivity contribution < 1.29 is 23.9 Å². The van der Waals surface area contributed by atoms with Crippen LogP contribution < -0.4 is 5.32 Å². The van der Waals surface area contributed by atoms with Crippen molar-refractivity contribution in [1.29, 1.82) is 0 Å². The second kappa shape index (κ2) is 25.7. The van der Waals surface area contributed by atoms with Crippen molar-refractivity contribution in [1.82, 2.24) is 35.1 Å². The number of ether oxygens (including phenoxy) is 2. The molecule has 5 heterocycles. The first kappa shape index (κ1) is 60.5. The lowest BCUT2D eigenvalue weighted by Gasteiger charge is -2.33. The Labute approximate surface area is 434 Å². The Morgan fingerprint density at radius 3 is 1.77 bits per heavy atom. The normalized spacial score (nSPS) is 22.6. The molecule has 4 fully saturated rings. The number of aromatic amines is 2. The smallest absolute Gasteiger partial charge is 0.407 e. The Morgan fingerprint density at radius 2 is 1.28 bits per heavy atom. The molecule has 3 amide bonds. The Kier molecular flexibility index (Phi) is 24.0. The SMILES string of the molecule is COC(=O)N[C@H](C(=O)N1[C@H](c2ncc(-c3ccc(-c4ccc(-c5cnc([C@@H]6C[C@@]7(CCCOC7)CN6C(=O)[C@@H](C)C(C)C)[nH]5)cc4)cc3)[nH]2)C[C@@H]2CCC[C@@H]21)C(C)C.S.S.S.S.S.S.S. The van der Waals surface area contributed by atoms with E-state index < -0.39 is 12.1 Å². The molecule has 1 spiro atoms. The molecule has 0 radical (unpaired) electrons. The van der Waals surface area contributed by atoms with Crippen molar-refractivity contribution in [3.8, 4) is 33.6 Å². The number of alkyl carbamates (subject to hydrolysis) is 1. The van der Waals surface area contributed by atoms with E-state index in [-0.39, 0.29) is 148 Å². The summed E-state index contributed by atoms with van der Waals surface area (Å²) in [7, 11) is 1.32. The van der Waals surface area contributed by atoms with Gasteiger partial charge in [0.2, 0.25) is 11.8 Å². The molecular weight excluding hydrogens is 955 g/mol. The fourth-order valence-corrected chi connectivity index (χ4v) is 9.97. The minimum Gasteiger partial charge on any atom is -0.453 e. The average molecular weight is 1030 g/mol. The van der Waals surface area contributed by atoms with Crippen molar-refractivity contribution in [2.75, 3.05) is 26.9 Å². The van der Waals surface area contributed by atoms with Crippen molar-refractivity contribution in [3.63, 3.8) is 0 Å². The highest BCUT2D eigenvalue weighted by Gasteiger charge is 2.50. The molecule has 3 saturated heterocycles. The van der Waals surface area contributed by atoms with E-state index in [0.29, 0.717) is 12.5 Å². The molecule has 2 aromatic heterocycles. The number of methoxy groups -OCH3 is 1. The number of hydrogen-bond acceptors (Lipinski definition) is 7. The largest absolute Gasteiger partial charge is 0.453 e. The summed E-state index contributed by atoms with van der Waals surface area (Å²) >= 11 is 0. The Morgan fingerprint density at radius 1 is 0.738 bits per heavy atom. The number of hydrogen-bond donors (Lipinski definition) is 3. The number of nitrogens with one attached hydrogen (secondary N) is 3. The number of benzene rings is 2. The molecule has 3 N–H and O–H groups in total. The van der Waals surface area contributed by atoms with Crippen LogP contribution in [0, 0.1) is 29.1 Å². The number of imidazole rings is 2. The topological polar surface area (TPSA) is 146 Å². The molecule has 7 atom stereocenters. The van der Waals surface area contributed by atoms with Gasteiger partial charge < -0.3 is 34.6 Å². The molecule has 0 bridgehead atoms. The second-order valence-corrected chi connectivity index (χ2v) is 18.0. The number of fused-ring (bicyclic) bond motifs is 1. The predicted octanol–water partition coefficient (Wildman–Crippen LogP) is 9.11. The molecule has 65 heavy (non-hydrogen) atoms. The minimum atomic E-state index is -0.676. The summed E-state index contributed by atoms with van der Waals surface area (Å²) in [6.45, 7) is 12.4. The van der Waals surface area contributed by atoms with E-state index >= 15 is 0 Å². The van der Waals surface area contributed by atoms with Crippen LogP contribution in [-0.2, 0) is 19.1 Å². The third-order valence-corrected chi connectivity index (χ3v) is 13.6. The van der Waals surface area contributed by atoms with E-state index in [9.17, 15) is 14.4 Å². The average Bonchev–Trinajstić information content (AvgIpc) is 4.08. The molecule has 8 rings (SSSR count). The predicted molar refractivity (Wildman–Crippen MR) is 295 cm³/mol. The molecule has 2 aromatic carbocycles. The van der Waals surface area contributed by atoms with Gasteiger partial charge in [-0.15, -0.1) is 0 Å². The second-order valence-electron chi connectivity index (χ2n) is 18.0. The maximum absolute atomic E-state index is 14.1. The van der Waals surface area contributed by atoms with Gasteiger partial charge >= 0.3 is 6.09 Å². The summed E-state index contributed by atoms with van der Waals surface area (Å²) in [5, 5.41) is 2.78. The van der Waals surface area contributed by atoms with Crippen molar-refractivity contribution >= 4 is 112 Å². The highest BCUT2D eigenvalue weighted by molar-refractivity contribution is 7.60. The molecule has 4 aliphatic rings. The maximum atomic E-state index is 14.1. The molecule has 3 aliphatic heterocycles. The number of amides is 3. The summed E-state index contributed by atoms with van der Waals surface area (Å²) in [6, 6.07) is 16.1. The minimum absolute atomic E-state index is 0. The van der Waals surface area contributed by atoms with E-state index in [2.05, 4.69) is 82.6 Å². The number of carbonyl (C=O) groups is 3. The van der Waals surface area contributed by atoms with Crippen LogP contribution in [0.25, 0.3) is 33.6 Å². The van der Waals surface area contributed by atoms with Gasteiger partial charge in [-0.05, 0) is 78.5 Å². The Balaban J connectivity index is 0.00000302. The first-order valence-electron chi connectivity index (χ1n) is 21.3. The van der Waals surface area contributed by atoms with E-state index in [1.165, 1.54) is 7.11 Å². The Bertz CT molecular complexity index is 2110. The number of nitrogens with zero attached hydrogens (tertiary/aromatic N) is 4. The number of rotatable bonds is 10. The molecule has 4 aromatic rings. The fourth-order valence-electron chi connectivity index (χ4n) is 9.97. The van der Waals surface area contributed by atoms with Gasteiger partial charge in [-0.25, -0.2) is 14.8 Å². The summed E-state index contributed by atoms with van der Waals surface area (Å²) in [4.78, 5) is 60.9. The zero-order valence-electron chi connectivity index (χ0n) is 38.3. The third kappa shape index (κ3) is 12.6. The molecule has 1 saturated carbocycles. The van der Waals surface area contributed by atoms with Crippen molar-refractivity contribution in [2.24, 2.45) is 29.1 Å². The van der Waals surface area contributed by atoms with E-state index in [4.69, 9.17) is 19.4 Å². The van der Waals surface area contributed by atoms with E-state index in [0.717, 1.165) is 103 Å². The molecule has 19 heteroatoms. The van der Waals surface area contributed by atoms with Gasteiger partial charge in [0, 0.05) is 30.5 Å². The van der Waals surface area contributed by atoms with Crippen LogP contribution in [0.5, 0.6) is 0 Å². The highest BCUT2D eigenvalue weighted by Crippen LogP contribution is 2.49. The van der Waals surface area contributed by atoms with Crippen molar-refractivity contribution in [2.45, 2.75) is 104 Å². The van der Waals surface area contributed by atoms with Crippen LogP contribution in [0.1, 0.15) is 103 Å². The number of likely N-dealkylation sites (tertiary alicyclic amines) is 2. The van der Waals surface area contributed by atoms with Gasteiger partial charge in [-0.3, -0.25) is 9.59 Å². The zero-order valence-corrected chi connectivity index (χ0v) is 45.3. The van der Waals surface area contributed by atoms with Gasteiger partial charge in [0.25, 0.3) is 0 Å². The lowest BCUT2D eigenvalue weighted by molar-refractivity contribution is -0.138. The number of carbonyl (C=O) groups excluding carboxylic acids is 3. The van der Waals surface area contributed by atoms with Crippen LogP contribution in [0.2, 0.25) is 0 Å². The quantitative estimate of drug-likeness (QED) is 0.144. The highest BCUT2D eigenvalue weighted by atomic mass is 32.1. The molecule has 12 nitrogen and oxygen atoms in total. The van der Waals surface area contributed by atoms with Crippen LogP contribution in [0.4, 0.5) is 4.79 Å². The molecular formula is C46H73N7O5S7. The molecule has 1 aliphatic carbocycles. The third-order valence-electron chi connectivity index (χ3n) is 13.6. The summed E-state index contributed by atoms with van der Waals surface area (Å²) in [5.74, 6) is 2.28. The lowest BCUT2D eigenvalue weighted by Crippen LogP contribution is -2.53. The van der Waals surface area contributed by atoms with Gasteiger partial charge in [-0.2, -0.15) is 94.5 Å². The first-order chi connectivity index (χ1) is 27.9. The van der Waals surface area contributed by atoms with E-state index in [1.54, 1.807) is 0 Å².